The number of nitrogens with one attached hydrogen (secondary N) is 1. The minimum absolute atomic E-state index is 0.533. The summed E-state index contributed by atoms with van der Waals surface area (Å²) in [6.45, 7) is 2.36. The van der Waals surface area contributed by atoms with E-state index < -0.39 is 0 Å². The molecule has 142 valence electrons. The van der Waals surface area contributed by atoms with Crippen molar-refractivity contribution in [2.45, 2.75) is 32.1 Å². The van der Waals surface area contributed by atoms with Crippen molar-refractivity contribution in [2.24, 2.45) is 0 Å². The molecule has 4 aromatic rings. The molecule has 2 heteroatoms. The fourth-order valence-corrected chi connectivity index (χ4v) is 5.11. The molecule has 0 aliphatic heterocycles. The minimum atomic E-state index is 0.533. The number of rotatable bonds is 2. The summed E-state index contributed by atoms with van der Waals surface area (Å²) in [7, 11) is 0. The molecule has 1 atom stereocenters. The fraction of sp³-hybridized carbons (Fsp3) is 0.185. The van der Waals surface area contributed by atoms with Crippen LogP contribution in [0.25, 0.3) is 39.9 Å². The number of hydrogen-bond donors (Lipinski definition) is 1. The van der Waals surface area contributed by atoms with Gasteiger partial charge in [0, 0.05) is 45.7 Å². The van der Waals surface area contributed by atoms with E-state index in [0.29, 0.717) is 5.92 Å². The summed E-state index contributed by atoms with van der Waals surface area (Å²) in [6.07, 6.45) is 14.9. The van der Waals surface area contributed by atoms with Gasteiger partial charge in [0.15, 0.2) is 0 Å². The molecular weight excluding hydrogens is 352 g/mol. The van der Waals surface area contributed by atoms with E-state index in [0.717, 1.165) is 19.3 Å². The first-order valence-electron chi connectivity index (χ1n) is 10.6. The van der Waals surface area contributed by atoms with E-state index in [4.69, 9.17) is 0 Å². The third-order valence-electron chi connectivity index (χ3n) is 6.47. The Kier molecular flexibility index (Phi) is 3.67. The predicted molar refractivity (Wildman–Crippen MR) is 122 cm³/mol. The average molecular weight is 377 g/mol. The molecule has 0 radical (unpaired) electrons. The van der Waals surface area contributed by atoms with Crippen LogP contribution in [0.3, 0.4) is 0 Å². The smallest absolute Gasteiger partial charge is 0.0494 e. The number of aromatic amines is 1. The maximum absolute atomic E-state index is 3.42. The van der Waals surface area contributed by atoms with Crippen LogP contribution in [0, 0.1) is 0 Å². The van der Waals surface area contributed by atoms with Crippen LogP contribution in [0.5, 0.6) is 0 Å². The summed E-state index contributed by atoms with van der Waals surface area (Å²) < 4.78 is 2.52. The van der Waals surface area contributed by atoms with Gasteiger partial charge in [-0.2, -0.15) is 0 Å². The molecule has 2 aromatic heterocycles. The van der Waals surface area contributed by atoms with Gasteiger partial charge in [-0.05, 0) is 60.2 Å². The Morgan fingerprint density at radius 3 is 2.90 bits per heavy atom. The van der Waals surface area contributed by atoms with Gasteiger partial charge in [0.05, 0.1) is 0 Å². The normalized spacial score (nSPS) is 17.5. The lowest BCUT2D eigenvalue weighted by Crippen LogP contribution is -2.08. The van der Waals surface area contributed by atoms with E-state index in [1.807, 2.05) is 0 Å². The van der Waals surface area contributed by atoms with E-state index in [-0.39, 0.29) is 0 Å². The molecule has 1 N–H and O–H groups in total. The molecule has 0 spiro atoms. The van der Waals surface area contributed by atoms with Gasteiger partial charge in [0.25, 0.3) is 0 Å². The second kappa shape index (κ2) is 6.38. The molecule has 0 bridgehead atoms. The number of nitrogens with zero attached hydrogens (tertiary/aromatic N) is 1. The van der Waals surface area contributed by atoms with Gasteiger partial charge >= 0.3 is 0 Å². The summed E-state index contributed by atoms with van der Waals surface area (Å²) in [5.74, 6) is 0.533. The molecule has 6 rings (SSSR count). The number of allylic oxidation sites excluding steroid dienone is 2. The van der Waals surface area contributed by atoms with Crippen LogP contribution in [-0.2, 0) is 6.42 Å². The Morgan fingerprint density at radius 2 is 1.93 bits per heavy atom. The molecule has 2 heterocycles. The summed E-state index contributed by atoms with van der Waals surface area (Å²) in [6, 6.07) is 17.6. The number of benzene rings is 2. The third-order valence-corrected chi connectivity index (χ3v) is 6.47. The van der Waals surface area contributed by atoms with E-state index in [2.05, 4.69) is 95.5 Å². The van der Waals surface area contributed by atoms with Crippen LogP contribution in [0.1, 0.15) is 48.2 Å². The summed E-state index contributed by atoms with van der Waals surface area (Å²) >= 11 is 0. The van der Waals surface area contributed by atoms with Crippen molar-refractivity contribution in [3.8, 4) is 16.8 Å². The van der Waals surface area contributed by atoms with Crippen molar-refractivity contribution >= 4 is 23.1 Å². The second-order valence-corrected chi connectivity index (χ2v) is 8.28. The molecule has 0 amide bonds. The Labute approximate surface area is 171 Å². The highest BCUT2D eigenvalue weighted by atomic mass is 15.0. The number of aromatic nitrogens is 2. The molecule has 2 nitrogen and oxygen atoms in total. The molecule has 1 unspecified atom stereocenters. The lowest BCUT2D eigenvalue weighted by molar-refractivity contribution is 0.716. The lowest BCUT2D eigenvalue weighted by atomic mass is 9.90. The Hall–Kier alpha value is -3.26. The molecule has 0 fully saturated rings. The van der Waals surface area contributed by atoms with Crippen LogP contribution in [0.2, 0.25) is 0 Å². The Morgan fingerprint density at radius 1 is 1.00 bits per heavy atom. The Bertz CT molecular complexity index is 1300. The molecule has 2 aliphatic rings. The number of H-pyrrole nitrogens is 1. The van der Waals surface area contributed by atoms with E-state index in [1.54, 1.807) is 0 Å². The first kappa shape index (κ1) is 16.7. The van der Waals surface area contributed by atoms with Gasteiger partial charge in [-0.3, -0.25) is 0 Å². The molecule has 29 heavy (non-hydrogen) atoms. The highest BCUT2D eigenvalue weighted by molar-refractivity contribution is 5.95. The first-order chi connectivity index (χ1) is 14.3. The SMILES string of the molecule is CC1CC=Cc2c3c(n(-c4cccc(-c5c[nH]c6ccccc56)c4)c21)C=CCC3. The maximum Gasteiger partial charge on any atom is 0.0494 e. The summed E-state index contributed by atoms with van der Waals surface area (Å²) in [5, 5.41) is 1.28. The molecule has 0 saturated heterocycles. The summed E-state index contributed by atoms with van der Waals surface area (Å²) in [5.41, 5.74) is 10.8. The van der Waals surface area contributed by atoms with Gasteiger partial charge in [0.1, 0.15) is 0 Å². The van der Waals surface area contributed by atoms with Crippen molar-refractivity contribution < 1.29 is 0 Å². The largest absolute Gasteiger partial charge is 0.361 e. The highest BCUT2D eigenvalue weighted by Crippen LogP contribution is 2.41. The third kappa shape index (κ3) is 2.49. The van der Waals surface area contributed by atoms with Crippen LogP contribution in [-0.4, -0.2) is 9.55 Å². The molecule has 2 aliphatic carbocycles. The van der Waals surface area contributed by atoms with E-state index in [9.17, 15) is 0 Å². The quantitative estimate of drug-likeness (QED) is 0.385. The van der Waals surface area contributed by atoms with Crippen molar-refractivity contribution in [3.05, 3.63) is 89.4 Å². The zero-order valence-electron chi connectivity index (χ0n) is 16.7. The van der Waals surface area contributed by atoms with Crippen LogP contribution >= 0.6 is 0 Å². The van der Waals surface area contributed by atoms with Gasteiger partial charge in [0.2, 0.25) is 0 Å². The monoisotopic (exact) mass is 376 g/mol. The minimum Gasteiger partial charge on any atom is -0.361 e. The Balaban J connectivity index is 1.58. The van der Waals surface area contributed by atoms with Crippen molar-refractivity contribution in [1.29, 1.82) is 0 Å². The highest BCUT2D eigenvalue weighted by Gasteiger charge is 2.27. The topological polar surface area (TPSA) is 20.7 Å². The summed E-state index contributed by atoms with van der Waals surface area (Å²) in [4.78, 5) is 3.42. The van der Waals surface area contributed by atoms with Gasteiger partial charge in [-0.15, -0.1) is 0 Å². The zero-order chi connectivity index (χ0) is 19.4. The zero-order valence-corrected chi connectivity index (χ0v) is 16.7. The van der Waals surface area contributed by atoms with Crippen molar-refractivity contribution in [1.82, 2.24) is 9.55 Å². The standard InChI is InChI=1S/C27H24N2/c1-18-8-6-13-23-22-12-3-5-15-26(22)29(27(18)23)20-10-7-9-19(16-20)24-17-28-25-14-4-2-11-21(24)25/h2,4-7,9-11,13-18,28H,3,8,12H2,1H3. The van der Waals surface area contributed by atoms with Gasteiger partial charge < -0.3 is 9.55 Å². The number of para-hydroxylation sites is 1. The number of fused-ring (bicyclic) bond motifs is 4. The molecule has 0 saturated carbocycles. The molecule has 2 aromatic carbocycles. The van der Waals surface area contributed by atoms with Gasteiger partial charge in [-0.25, -0.2) is 0 Å². The van der Waals surface area contributed by atoms with Crippen molar-refractivity contribution in [3.63, 3.8) is 0 Å². The van der Waals surface area contributed by atoms with Crippen LogP contribution < -0.4 is 0 Å². The lowest BCUT2D eigenvalue weighted by Gasteiger charge is -2.20. The van der Waals surface area contributed by atoms with Crippen LogP contribution in [0.4, 0.5) is 0 Å². The predicted octanol–water partition coefficient (Wildman–Crippen LogP) is 7.11. The molecular formula is C27H24N2. The van der Waals surface area contributed by atoms with E-state index in [1.165, 1.54) is 50.2 Å². The van der Waals surface area contributed by atoms with Crippen molar-refractivity contribution in [2.75, 3.05) is 0 Å². The van der Waals surface area contributed by atoms with Gasteiger partial charge in [-0.1, -0.05) is 55.5 Å². The second-order valence-electron chi connectivity index (χ2n) is 8.28. The number of hydrogen-bond acceptors (Lipinski definition) is 0. The average Bonchev–Trinajstić information content (AvgIpc) is 3.34. The fourth-order valence-electron chi connectivity index (χ4n) is 5.11. The van der Waals surface area contributed by atoms with E-state index >= 15 is 0 Å². The first-order valence-corrected chi connectivity index (χ1v) is 10.6. The van der Waals surface area contributed by atoms with Crippen LogP contribution in [0.15, 0.2) is 66.9 Å². The maximum atomic E-state index is 3.42.